The van der Waals surface area contributed by atoms with Gasteiger partial charge in [0.25, 0.3) is 5.91 Å². The fourth-order valence-electron chi connectivity index (χ4n) is 2.02. The maximum atomic E-state index is 11.3. The van der Waals surface area contributed by atoms with Gasteiger partial charge < -0.3 is 15.0 Å². The Morgan fingerprint density at radius 1 is 1.53 bits per heavy atom. The highest BCUT2D eigenvalue weighted by Crippen LogP contribution is 2.25. The summed E-state index contributed by atoms with van der Waals surface area (Å²) in [6.07, 6.45) is 0. The summed E-state index contributed by atoms with van der Waals surface area (Å²) >= 11 is 3.47. The Bertz CT molecular complexity index is 423. The fourth-order valence-corrected chi connectivity index (χ4v) is 2.60. The van der Waals surface area contributed by atoms with Crippen LogP contribution in [0.1, 0.15) is 5.56 Å². The Morgan fingerprint density at radius 3 is 3.00 bits per heavy atom. The first-order chi connectivity index (χ1) is 8.19. The fraction of sp³-hybridized carbons (Fsp3) is 0.417. The van der Waals surface area contributed by atoms with E-state index in [9.17, 15) is 4.79 Å². The normalized spacial score (nSPS) is 19.9. The molecular formula is C12H16BrN2O2+. The Kier molecular flexibility index (Phi) is 4.02. The molecule has 1 atom stereocenters. The van der Waals surface area contributed by atoms with E-state index in [1.165, 1.54) is 10.5 Å². The molecule has 2 rings (SSSR count). The van der Waals surface area contributed by atoms with Crippen molar-refractivity contribution < 1.29 is 14.4 Å². The highest BCUT2D eigenvalue weighted by molar-refractivity contribution is 9.10. The van der Waals surface area contributed by atoms with Crippen LogP contribution in [0.25, 0.3) is 0 Å². The number of benzene rings is 1. The van der Waals surface area contributed by atoms with Crippen molar-refractivity contribution >= 4 is 21.8 Å². The van der Waals surface area contributed by atoms with E-state index in [0.717, 1.165) is 29.9 Å². The Balaban J connectivity index is 2.03. The Hall–Kier alpha value is -1.07. The van der Waals surface area contributed by atoms with E-state index in [0.29, 0.717) is 6.54 Å². The molecule has 0 aliphatic carbocycles. The molecule has 0 saturated carbocycles. The molecule has 1 aromatic carbocycles. The average Bonchev–Trinajstić information content (AvgIpc) is 2.29. The monoisotopic (exact) mass is 299 g/mol. The molecule has 4 nitrogen and oxygen atoms in total. The first kappa shape index (κ1) is 12.4. The number of hydrogen-bond acceptors (Lipinski definition) is 2. The van der Waals surface area contributed by atoms with Crippen molar-refractivity contribution in [1.82, 2.24) is 5.32 Å². The van der Waals surface area contributed by atoms with Crippen molar-refractivity contribution in [3.8, 4) is 5.75 Å². The lowest BCUT2D eigenvalue weighted by Crippen LogP contribution is -3.14. The van der Waals surface area contributed by atoms with Crippen LogP contribution in [0.2, 0.25) is 0 Å². The molecule has 0 bridgehead atoms. The Labute approximate surface area is 109 Å². The van der Waals surface area contributed by atoms with Crippen LogP contribution in [0, 0.1) is 0 Å². The van der Waals surface area contributed by atoms with Gasteiger partial charge in [-0.3, -0.25) is 4.79 Å². The number of methoxy groups -OCH3 is 1. The van der Waals surface area contributed by atoms with Crippen LogP contribution in [0.4, 0.5) is 0 Å². The molecule has 1 unspecified atom stereocenters. The van der Waals surface area contributed by atoms with E-state index in [4.69, 9.17) is 4.74 Å². The molecule has 0 radical (unpaired) electrons. The van der Waals surface area contributed by atoms with E-state index < -0.39 is 0 Å². The quantitative estimate of drug-likeness (QED) is 0.823. The third kappa shape index (κ3) is 3.20. The molecule has 1 aromatic rings. The summed E-state index contributed by atoms with van der Waals surface area (Å²) in [5, 5.41) is 2.84. The van der Waals surface area contributed by atoms with Gasteiger partial charge in [0, 0.05) is 5.56 Å². The van der Waals surface area contributed by atoms with Crippen molar-refractivity contribution in [3.63, 3.8) is 0 Å². The van der Waals surface area contributed by atoms with Gasteiger partial charge in [0.05, 0.1) is 24.7 Å². The van der Waals surface area contributed by atoms with Crippen molar-refractivity contribution in [3.05, 3.63) is 28.2 Å². The van der Waals surface area contributed by atoms with Gasteiger partial charge >= 0.3 is 0 Å². The van der Waals surface area contributed by atoms with Crippen molar-refractivity contribution in [2.45, 2.75) is 6.54 Å². The second kappa shape index (κ2) is 5.51. The molecule has 1 saturated heterocycles. The standard InChI is InChI=1S/C12H15BrN2O2/c1-17-11-3-2-9(6-10(11)13)7-15-5-4-14-12(16)8-15/h2-3,6H,4-5,7-8H2,1H3,(H,14,16)/p+1. The molecule has 0 aromatic heterocycles. The van der Waals surface area contributed by atoms with E-state index in [1.54, 1.807) is 7.11 Å². The number of amides is 1. The highest BCUT2D eigenvalue weighted by Gasteiger charge is 2.19. The van der Waals surface area contributed by atoms with Gasteiger partial charge in [-0.15, -0.1) is 0 Å². The number of halogens is 1. The molecule has 92 valence electrons. The molecule has 1 amide bonds. The molecule has 2 N–H and O–H groups in total. The van der Waals surface area contributed by atoms with E-state index in [2.05, 4.69) is 27.3 Å². The molecule has 5 heteroatoms. The van der Waals surface area contributed by atoms with E-state index in [1.807, 2.05) is 12.1 Å². The number of carbonyl (C=O) groups is 1. The zero-order valence-electron chi connectivity index (χ0n) is 9.75. The minimum atomic E-state index is 0.138. The third-order valence-electron chi connectivity index (χ3n) is 2.88. The third-order valence-corrected chi connectivity index (χ3v) is 3.50. The lowest BCUT2D eigenvalue weighted by atomic mass is 10.2. The second-order valence-corrected chi connectivity index (χ2v) is 5.03. The summed E-state index contributed by atoms with van der Waals surface area (Å²) in [6.45, 7) is 3.18. The first-order valence-corrected chi connectivity index (χ1v) is 6.41. The number of ether oxygens (including phenoxy) is 1. The van der Waals surface area contributed by atoms with Crippen LogP contribution >= 0.6 is 15.9 Å². The minimum Gasteiger partial charge on any atom is -0.496 e. The number of piperazine rings is 1. The van der Waals surface area contributed by atoms with Gasteiger partial charge in [0.15, 0.2) is 6.54 Å². The highest BCUT2D eigenvalue weighted by atomic mass is 79.9. The molecule has 0 spiro atoms. The molecular weight excluding hydrogens is 284 g/mol. The summed E-state index contributed by atoms with van der Waals surface area (Å²) in [4.78, 5) is 12.6. The van der Waals surface area contributed by atoms with Crippen molar-refractivity contribution in [2.24, 2.45) is 0 Å². The predicted molar refractivity (Wildman–Crippen MR) is 68.1 cm³/mol. The van der Waals surface area contributed by atoms with Gasteiger partial charge in [0.1, 0.15) is 12.3 Å². The summed E-state index contributed by atoms with van der Waals surface area (Å²) < 4.78 is 6.15. The van der Waals surface area contributed by atoms with Gasteiger partial charge in [-0.1, -0.05) is 0 Å². The zero-order valence-corrected chi connectivity index (χ0v) is 11.3. The SMILES string of the molecule is COc1ccc(C[NH+]2CCNC(=O)C2)cc1Br. The van der Waals surface area contributed by atoms with Crippen LogP contribution in [-0.4, -0.2) is 32.7 Å². The van der Waals surface area contributed by atoms with Crippen LogP contribution in [0.15, 0.2) is 22.7 Å². The second-order valence-electron chi connectivity index (χ2n) is 4.17. The van der Waals surface area contributed by atoms with Crippen LogP contribution in [0.5, 0.6) is 5.75 Å². The summed E-state index contributed by atoms with van der Waals surface area (Å²) in [6, 6.07) is 6.05. The van der Waals surface area contributed by atoms with Crippen molar-refractivity contribution in [2.75, 3.05) is 26.7 Å². The maximum absolute atomic E-state index is 11.3. The summed E-state index contributed by atoms with van der Waals surface area (Å²) in [7, 11) is 1.65. The number of hydrogen-bond donors (Lipinski definition) is 2. The number of rotatable bonds is 3. The molecule has 1 fully saturated rings. The zero-order chi connectivity index (χ0) is 12.3. The van der Waals surface area contributed by atoms with Crippen LogP contribution < -0.4 is 15.0 Å². The van der Waals surface area contributed by atoms with E-state index in [-0.39, 0.29) is 5.91 Å². The smallest absolute Gasteiger partial charge is 0.275 e. The van der Waals surface area contributed by atoms with Gasteiger partial charge in [-0.25, -0.2) is 0 Å². The largest absolute Gasteiger partial charge is 0.496 e. The number of quaternary nitrogens is 1. The van der Waals surface area contributed by atoms with Gasteiger partial charge in [-0.05, 0) is 34.1 Å². The van der Waals surface area contributed by atoms with Crippen molar-refractivity contribution in [1.29, 1.82) is 0 Å². The van der Waals surface area contributed by atoms with Crippen LogP contribution in [-0.2, 0) is 11.3 Å². The van der Waals surface area contributed by atoms with E-state index >= 15 is 0 Å². The van der Waals surface area contributed by atoms with Crippen LogP contribution in [0.3, 0.4) is 0 Å². The number of carbonyl (C=O) groups excluding carboxylic acids is 1. The van der Waals surface area contributed by atoms with Gasteiger partial charge in [0.2, 0.25) is 0 Å². The maximum Gasteiger partial charge on any atom is 0.275 e. The molecule has 1 aliphatic rings. The molecule has 1 heterocycles. The summed E-state index contributed by atoms with van der Waals surface area (Å²) in [5.41, 5.74) is 1.21. The first-order valence-electron chi connectivity index (χ1n) is 5.61. The lowest BCUT2D eigenvalue weighted by Gasteiger charge is -2.23. The number of nitrogens with one attached hydrogen (secondary N) is 2. The lowest BCUT2D eigenvalue weighted by molar-refractivity contribution is -0.907. The molecule has 1 aliphatic heterocycles. The molecule has 17 heavy (non-hydrogen) atoms. The topological polar surface area (TPSA) is 42.8 Å². The summed E-state index contributed by atoms with van der Waals surface area (Å²) in [5.74, 6) is 0.971. The predicted octanol–water partition coefficient (Wildman–Crippen LogP) is -0.0276. The average molecular weight is 300 g/mol. The minimum absolute atomic E-state index is 0.138. The Morgan fingerprint density at radius 2 is 2.35 bits per heavy atom. The van der Waals surface area contributed by atoms with Gasteiger partial charge in [-0.2, -0.15) is 0 Å².